The fourth-order valence-corrected chi connectivity index (χ4v) is 6.29. The van der Waals surface area contributed by atoms with Gasteiger partial charge in [-0.25, -0.2) is 0 Å². The summed E-state index contributed by atoms with van der Waals surface area (Å²) in [7, 11) is 1.64. The van der Waals surface area contributed by atoms with Crippen LogP contribution >= 0.6 is 0 Å². The molecule has 0 saturated heterocycles. The van der Waals surface area contributed by atoms with Gasteiger partial charge >= 0.3 is 0 Å². The van der Waals surface area contributed by atoms with Crippen molar-refractivity contribution in [2.24, 2.45) is 0 Å². The molecule has 0 unspecified atom stereocenters. The molecule has 5 nitrogen and oxygen atoms in total. The highest BCUT2D eigenvalue weighted by atomic mass is 16.5. The molecule has 0 radical (unpaired) electrons. The van der Waals surface area contributed by atoms with Gasteiger partial charge in [0.1, 0.15) is 0 Å². The van der Waals surface area contributed by atoms with Crippen molar-refractivity contribution in [3.8, 4) is 0 Å². The van der Waals surface area contributed by atoms with E-state index in [1.165, 1.54) is 167 Å². The second-order valence-electron chi connectivity index (χ2n) is 13.9. The molecule has 0 bridgehead atoms. The third-order valence-corrected chi connectivity index (χ3v) is 9.29. The van der Waals surface area contributed by atoms with Crippen LogP contribution in [0.5, 0.6) is 0 Å². The maximum Gasteiger partial charge on any atom is 0.220 e. The average Bonchev–Trinajstić information content (AvgIpc) is 3.03. The maximum atomic E-state index is 12.5. The van der Waals surface area contributed by atoms with Crippen LogP contribution in [0.3, 0.4) is 0 Å². The van der Waals surface area contributed by atoms with Crippen LogP contribution < -0.4 is 10.6 Å². The molecule has 0 aromatic heterocycles. The van der Waals surface area contributed by atoms with E-state index in [1.54, 1.807) is 7.11 Å². The van der Waals surface area contributed by atoms with Crippen LogP contribution in [-0.4, -0.2) is 38.1 Å². The molecule has 0 saturated carbocycles. The smallest absolute Gasteiger partial charge is 0.220 e. The fraction of sp³-hybridized carbons (Fsp3) is 0.950. The Morgan fingerprint density at radius 2 is 0.733 bits per heavy atom. The molecule has 2 N–H and O–H groups in total. The number of hydrogen-bond donors (Lipinski definition) is 2. The Morgan fingerprint density at radius 3 is 1.04 bits per heavy atom. The number of carbonyl (C=O) groups excluding carboxylic acids is 2. The Kier molecular flexibility index (Phi) is 36.4. The zero-order chi connectivity index (χ0) is 32.9. The van der Waals surface area contributed by atoms with Crippen LogP contribution in [-0.2, 0) is 14.3 Å². The molecule has 0 aliphatic carbocycles. The minimum Gasteiger partial charge on any atom is -0.382 e. The van der Waals surface area contributed by atoms with Gasteiger partial charge in [0.2, 0.25) is 11.8 Å². The topological polar surface area (TPSA) is 67.4 Å². The molecule has 268 valence electrons. The van der Waals surface area contributed by atoms with E-state index in [0.29, 0.717) is 26.0 Å². The highest BCUT2D eigenvalue weighted by Gasteiger charge is 2.13. The molecule has 0 heterocycles. The molecule has 0 fully saturated rings. The number of hydrogen-bond acceptors (Lipinski definition) is 3. The molecule has 0 spiro atoms. The van der Waals surface area contributed by atoms with Gasteiger partial charge in [-0.15, -0.1) is 0 Å². The van der Waals surface area contributed by atoms with Crippen molar-refractivity contribution in [3.05, 3.63) is 0 Å². The Morgan fingerprint density at radius 1 is 0.444 bits per heavy atom. The fourth-order valence-electron chi connectivity index (χ4n) is 6.29. The number of carbonyl (C=O) groups is 2. The van der Waals surface area contributed by atoms with Crippen LogP contribution in [0.4, 0.5) is 0 Å². The summed E-state index contributed by atoms with van der Waals surface area (Å²) in [6.45, 7) is 5.42. The second kappa shape index (κ2) is 37.4. The quantitative estimate of drug-likeness (QED) is 0.0667. The lowest BCUT2D eigenvalue weighted by Gasteiger charge is -2.18. The van der Waals surface area contributed by atoms with Crippen molar-refractivity contribution >= 4 is 11.8 Å². The highest BCUT2D eigenvalue weighted by molar-refractivity contribution is 5.77. The number of nitrogens with one attached hydrogen (secondary N) is 2. The van der Waals surface area contributed by atoms with E-state index in [9.17, 15) is 9.59 Å². The van der Waals surface area contributed by atoms with E-state index < -0.39 is 0 Å². The summed E-state index contributed by atoms with van der Waals surface area (Å²) in [4.78, 5) is 24.8. The Hall–Kier alpha value is -1.10. The normalized spacial score (nSPS) is 12.0. The summed E-state index contributed by atoms with van der Waals surface area (Å²) < 4.78 is 5.29. The first-order chi connectivity index (χ1) is 22.1. The van der Waals surface area contributed by atoms with E-state index in [1.807, 2.05) is 0 Å². The number of unbranched alkanes of at least 4 members (excludes halogenated alkanes) is 28. The zero-order valence-electron chi connectivity index (χ0n) is 30.8. The first-order valence-corrected chi connectivity index (χ1v) is 20.2. The van der Waals surface area contributed by atoms with E-state index in [-0.39, 0.29) is 17.9 Å². The SMILES string of the molecule is CCCCCCCCCCCCCCCCCC(=O)NC[C@H](COC)NC(=O)CCCCCCCCCCCCCCCCC. The predicted molar refractivity (Wildman–Crippen MR) is 196 cm³/mol. The van der Waals surface area contributed by atoms with E-state index >= 15 is 0 Å². The molecule has 0 aromatic carbocycles. The van der Waals surface area contributed by atoms with E-state index in [0.717, 1.165) is 25.7 Å². The molecule has 0 aliphatic rings. The molecular formula is C40H80N2O3. The molecule has 45 heavy (non-hydrogen) atoms. The van der Waals surface area contributed by atoms with Gasteiger partial charge in [0.05, 0.1) is 12.6 Å². The third-order valence-electron chi connectivity index (χ3n) is 9.29. The summed E-state index contributed by atoms with van der Waals surface area (Å²) in [5.41, 5.74) is 0. The first-order valence-electron chi connectivity index (χ1n) is 20.2. The van der Waals surface area contributed by atoms with Crippen molar-refractivity contribution in [2.75, 3.05) is 20.3 Å². The number of methoxy groups -OCH3 is 1. The second-order valence-corrected chi connectivity index (χ2v) is 13.9. The van der Waals surface area contributed by atoms with Gasteiger partial charge in [0.25, 0.3) is 0 Å². The summed E-state index contributed by atoms with van der Waals surface area (Å²) in [5, 5.41) is 6.08. The van der Waals surface area contributed by atoms with Gasteiger partial charge in [-0.2, -0.15) is 0 Å². The van der Waals surface area contributed by atoms with Crippen molar-refractivity contribution in [3.63, 3.8) is 0 Å². The zero-order valence-corrected chi connectivity index (χ0v) is 30.8. The van der Waals surface area contributed by atoms with Gasteiger partial charge in [-0.3, -0.25) is 9.59 Å². The van der Waals surface area contributed by atoms with Crippen molar-refractivity contribution in [1.82, 2.24) is 10.6 Å². The summed E-state index contributed by atoms with van der Waals surface area (Å²) in [6.07, 6.45) is 40.9. The largest absolute Gasteiger partial charge is 0.382 e. The molecule has 1 atom stereocenters. The average molecular weight is 637 g/mol. The lowest BCUT2D eigenvalue weighted by atomic mass is 10.0. The van der Waals surface area contributed by atoms with Gasteiger partial charge in [0.15, 0.2) is 0 Å². The Bertz CT molecular complexity index is 612. The van der Waals surface area contributed by atoms with Crippen LogP contribution in [0, 0.1) is 0 Å². The van der Waals surface area contributed by atoms with Crippen LogP contribution in [0.25, 0.3) is 0 Å². The number of rotatable bonds is 37. The maximum absolute atomic E-state index is 12.5. The standard InChI is InChI=1S/C40H80N2O3/c1-4-6-8-10-12-14-16-18-20-22-24-26-28-30-32-34-39(43)41-36-38(37-45-3)42-40(44)35-33-31-29-27-25-23-21-19-17-15-13-11-9-7-5-2/h38H,4-37H2,1-3H3,(H,41,43)(H,42,44)/t38-/m1/s1. The Labute approximate surface area is 282 Å². The van der Waals surface area contributed by atoms with Crippen LogP contribution in [0.15, 0.2) is 0 Å². The third kappa shape index (κ3) is 35.6. The minimum absolute atomic E-state index is 0.0726. The predicted octanol–water partition coefficient (Wildman–Crippen LogP) is 11.8. The molecule has 0 rings (SSSR count). The van der Waals surface area contributed by atoms with Gasteiger partial charge in [-0.05, 0) is 12.8 Å². The highest BCUT2D eigenvalue weighted by Crippen LogP contribution is 2.15. The Balaban J connectivity index is 3.59. The van der Waals surface area contributed by atoms with Gasteiger partial charge < -0.3 is 15.4 Å². The van der Waals surface area contributed by atoms with Crippen LogP contribution in [0.1, 0.15) is 219 Å². The van der Waals surface area contributed by atoms with Crippen molar-refractivity contribution < 1.29 is 14.3 Å². The molecule has 2 amide bonds. The van der Waals surface area contributed by atoms with Crippen molar-refractivity contribution in [2.45, 2.75) is 225 Å². The monoisotopic (exact) mass is 637 g/mol. The summed E-state index contributed by atoms with van der Waals surface area (Å²) in [6, 6.07) is -0.163. The number of ether oxygens (including phenoxy) is 1. The van der Waals surface area contributed by atoms with Crippen molar-refractivity contribution in [1.29, 1.82) is 0 Å². The lowest BCUT2D eigenvalue weighted by Crippen LogP contribution is -2.46. The lowest BCUT2D eigenvalue weighted by molar-refractivity contribution is -0.124. The van der Waals surface area contributed by atoms with Gasteiger partial charge in [0, 0.05) is 26.5 Å². The van der Waals surface area contributed by atoms with E-state index in [2.05, 4.69) is 24.5 Å². The summed E-state index contributed by atoms with van der Waals surface area (Å²) in [5.74, 6) is 0.158. The van der Waals surface area contributed by atoms with Crippen LogP contribution in [0.2, 0.25) is 0 Å². The molecule has 5 heteroatoms. The number of amides is 2. The van der Waals surface area contributed by atoms with Gasteiger partial charge in [-0.1, -0.05) is 194 Å². The molecular weight excluding hydrogens is 556 g/mol. The van der Waals surface area contributed by atoms with E-state index in [4.69, 9.17) is 4.74 Å². The minimum atomic E-state index is -0.163. The molecule has 0 aliphatic heterocycles. The summed E-state index contributed by atoms with van der Waals surface area (Å²) >= 11 is 0. The molecule has 0 aromatic rings. The first kappa shape index (κ1) is 43.9.